The summed E-state index contributed by atoms with van der Waals surface area (Å²) in [6.45, 7) is 3.51. The fraction of sp³-hybridized carbons (Fsp3) is 0.400. The number of aryl methyl sites for hydroxylation is 1. The highest BCUT2D eigenvalue weighted by Crippen LogP contribution is 2.28. The zero-order valence-electron chi connectivity index (χ0n) is 13.1. The van der Waals surface area contributed by atoms with E-state index in [4.69, 9.17) is 0 Å². The summed E-state index contributed by atoms with van der Waals surface area (Å²) in [5.74, 6) is 0.955. The van der Waals surface area contributed by atoms with Crippen LogP contribution < -0.4 is 0 Å². The van der Waals surface area contributed by atoms with Gasteiger partial charge < -0.3 is 10.0 Å². The van der Waals surface area contributed by atoms with Gasteiger partial charge >= 0.3 is 0 Å². The van der Waals surface area contributed by atoms with E-state index >= 15 is 0 Å². The quantitative estimate of drug-likeness (QED) is 0.893. The Labute approximate surface area is 133 Å². The Hall–Kier alpha value is -1.80. The van der Waals surface area contributed by atoms with Gasteiger partial charge in [-0.05, 0) is 68.0 Å². The topological polar surface area (TPSA) is 23.5 Å². The van der Waals surface area contributed by atoms with Crippen LogP contribution in [0, 0.1) is 0 Å². The molecule has 2 aromatic rings. The minimum absolute atomic E-state index is 0.388. The van der Waals surface area contributed by atoms with Gasteiger partial charge in [0, 0.05) is 6.54 Å². The highest BCUT2D eigenvalue weighted by Gasteiger charge is 2.21. The van der Waals surface area contributed by atoms with Crippen molar-refractivity contribution in [1.29, 1.82) is 0 Å². The van der Waals surface area contributed by atoms with E-state index in [0.717, 1.165) is 13.0 Å². The maximum atomic E-state index is 9.66. The molecule has 3 rings (SSSR count). The average molecular weight is 295 g/mol. The third kappa shape index (κ3) is 4.11. The number of hydrogen-bond acceptors (Lipinski definition) is 2. The second-order valence-corrected chi connectivity index (χ2v) is 6.32. The molecule has 1 N–H and O–H groups in total. The number of phenols is 1. The molecule has 22 heavy (non-hydrogen) atoms. The summed E-state index contributed by atoms with van der Waals surface area (Å²) in [5, 5.41) is 9.66. The van der Waals surface area contributed by atoms with Gasteiger partial charge in [-0.25, -0.2) is 0 Å². The van der Waals surface area contributed by atoms with E-state index in [9.17, 15) is 5.11 Å². The van der Waals surface area contributed by atoms with Crippen molar-refractivity contribution in [1.82, 2.24) is 4.90 Å². The molecule has 0 unspecified atom stereocenters. The van der Waals surface area contributed by atoms with E-state index in [-0.39, 0.29) is 0 Å². The van der Waals surface area contributed by atoms with Crippen molar-refractivity contribution in [3.63, 3.8) is 0 Å². The molecule has 0 aromatic heterocycles. The molecule has 0 spiro atoms. The SMILES string of the molecule is Oc1cccc([C@@H]2CCCN(CCCc3ccccc3)C2)c1. The summed E-state index contributed by atoms with van der Waals surface area (Å²) < 4.78 is 0. The van der Waals surface area contributed by atoms with Crippen LogP contribution in [0.25, 0.3) is 0 Å². The Morgan fingerprint density at radius 3 is 2.73 bits per heavy atom. The number of rotatable bonds is 5. The van der Waals surface area contributed by atoms with Crippen LogP contribution in [0.5, 0.6) is 5.75 Å². The average Bonchev–Trinajstić information content (AvgIpc) is 2.56. The third-order valence-corrected chi connectivity index (χ3v) is 4.63. The summed E-state index contributed by atoms with van der Waals surface area (Å²) in [6, 6.07) is 18.5. The fourth-order valence-electron chi connectivity index (χ4n) is 3.46. The van der Waals surface area contributed by atoms with E-state index in [2.05, 4.69) is 41.3 Å². The molecule has 0 bridgehead atoms. The number of phenolic OH excluding ortho intramolecular Hbond substituents is 1. The molecule has 0 saturated carbocycles. The smallest absolute Gasteiger partial charge is 0.115 e. The maximum absolute atomic E-state index is 9.66. The van der Waals surface area contributed by atoms with Gasteiger partial charge in [0.15, 0.2) is 0 Å². The standard InChI is InChI=1S/C20H25NO/c22-20-12-4-10-18(15-20)19-11-6-14-21(16-19)13-5-9-17-7-2-1-3-8-17/h1-4,7-8,10,12,15,19,22H,5-6,9,11,13-14,16H2/t19-/m1/s1. The lowest BCUT2D eigenvalue weighted by Gasteiger charge is -2.33. The minimum atomic E-state index is 0.388. The van der Waals surface area contributed by atoms with Crippen LogP contribution in [0.2, 0.25) is 0 Å². The first-order chi connectivity index (χ1) is 10.8. The van der Waals surface area contributed by atoms with E-state index < -0.39 is 0 Å². The van der Waals surface area contributed by atoms with Gasteiger partial charge in [-0.3, -0.25) is 0 Å². The summed E-state index contributed by atoms with van der Waals surface area (Å²) >= 11 is 0. The molecular weight excluding hydrogens is 270 g/mol. The molecule has 2 aromatic carbocycles. The molecule has 0 radical (unpaired) electrons. The molecule has 1 aliphatic rings. The fourth-order valence-corrected chi connectivity index (χ4v) is 3.46. The van der Waals surface area contributed by atoms with E-state index in [1.807, 2.05) is 12.1 Å². The van der Waals surface area contributed by atoms with Crippen molar-refractivity contribution in [2.45, 2.75) is 31.6 Å². The van der Waals surface area contributed by atoms with Gasteiger partial charge in [0.25, 0.3) is 0 Å². The van der Waals surface area contributed by atoms with Crippen LogP contribution in [-0.4, -0.2) is 29.6 Å². The van der Waals surface area contributed by atoms with Crippen LogP contribution in [0.4, 0.5) is 0 Å². The molecule has 1 atom stereocenters. The highest BCUT2D eigenvalue weighted by molar-refractivity contribution is 5.30. The van der Waals surface area contributed by atoms with E-state index in [1.54, 1.807) is 6.07 Å². The van der Waals surface area contributed by atoms with E-state index in [1.165, 1.54) is 43.5 Å². The predicted octanol–water partition coefficient (Wildman–Crippen LogP) is 4.20. The predicted molar refractivity (Wildman–Crippen MR) is 91.3 cm³/mol. The first-order valence-corrected chi connectivity index (χ1v) is 8.36. The van der Waals surface area contributed by atoms with Crippen molar-refractivity contribution in [3.05, 3.63) is 65.7 Å². The minimum Gasteiger partial charge on any atom is -0.508 e. The largest absolute Gasteiger partial charge is 0.508 e. The molecule has 1 aliphatic heterocycles. The molecule has 2 heteroatoms. The monoisotopic (exact) mass is 295 g/mol. The second kappa shape index (κ2) is 7.46. The van der Waals surface area contributed by atoms with Crippen LogP contribution in [0.3, 0.4) is 0 Å². The van der Waals surface area contributed by atoms with Gasteiger partial charge in [0.1, 0.15) is 5.75 Å². The summed E-state index contributed by atoms with van der Waals surface area (Å²) in [4.78, 5) is 2.58. The van der Waals surface area contributed by atoms with Crippen LogP contribution >= 0.6 is 0 Å². The van der Waals surface area contributed by atoms with E-state index in [0.29, 0.717) is 11.7 Å². The third-order valence-electron chi connectivity index (χ3n) is 4.63. The summed E-state index contributed by atoms with van der Waals surface area (Å²) in [5.41, 5.74) is 2.72. The van der Waals surface area contributed by atoms with Gasteiger partial charge in [-0.15, -0.1) is 0 Å². The van der Waals surface area contributed by atoms with Crippen molar-refractivity contribution in [2.24, 2.45) is 0 Å². The Bertz CT molecular complexity index is 581. The molecule has 2 nitrogen and oxygen atoms in total. The molecule has 1 heterocycles. The molecule has 116 valence electrons. The van der Waals surface area contributed by atoms with Gasteiger partial charge in [0.05, 0.1) is 0 Å². The van der Waals surface area contributed by atoms with Crippen molar-refractivity contribution >= 4 is 0 Å². The lowest BCUT2D eigenvalue weighted by molar-refractivity contribution is 0.206. The number of aromatic hydroxyl groups is 1. The molecular formula is C20H25NO. The van der Waals surface area contributed by atoms with Crippen molar-refractivity contribution < 1.29 is 5.11 Å². The molecule has 0 aliphatic carbocycles. The maximum Gasteiger partial charge on any atom is 0.115 e. The molecule has 1 fully saturated rings. The van der Waals surface area contributed by atoms with Gasteiger partial charge in [-0.1, -0.05) is 42.5 Å². The van der Waals surface area contributed by atoms with Crippen LogP contribution in [0.1, 0.15) is 36.3 Å². The zero-order chi connectivity index (χ0) is 15.2. The van der Waals surface area contributed by atoms with Gasteiger partial charge in [-0.2, -0.15) is 0 Å². The summed E-state index contributed by atoms with van der Waals surface area (Å²) in [6.07, 6.45) is 4.87. The Morgan fingerprint density at radius 1 is 1.05 bits per heavy atom. The number of hydrogen-bond donors (Lipinski definition) is 1. The Kier molecular flexibility index (Phi) is 5.12. The lowest BCUT2D eigenvalue weighted by atomic mass is 9.90. The number of piperidine rings is 1. The lowest BCUT2D eigenvalue weighted by Crippen LogP contribution is -2.35. The zero-order valence-corrected chi connectivity index (χ0v) is 13.1. The highest BCUT2D eigenvalue weighted by atomic mass is 16.3. The number of likely N-dealkylation sites (tertiary alicyclic amines) is 1. The number of benzene rings is 2. The molecule has 0 amide bonds. The first-order valence-electron chi connectivity index (χ1n) is 8.36. The molecule has 1 saturated heterocycles. The Balaban J connectivity index is 1.50. The van der Waals surface area contributed by atoms with Gasteiger partial charge in [0.2, 0.25) is 0 Å². The van der Waals surface area contributed by atoms with Crippen molar-refractivity contribution in [2.75, 3.05) is 19.6 Å². The Morgan fingerprint density at radius 2 is 1.91 bits per heavy atom. The second-order valence-electron chi connectivity index (χ2n) is 6.32. The first kappa shape index (κ1) is 15.1. The van der Waals surface area contributed by atoms with Crippen LogP contribution in [-0.2, 0) is 6.42 Å². The number of nitrogens with zero attached hydrogens (tertiary/aromatic N) is 1. The van der Waals surface area contributed by atoms with Crippen LogP contribution in [0.15, 0.2) is 54.6 Å². The summed E-state index contributed by atoms with van der Waals surface area (Å²) in [7, 11) is 0. The normalized spacial score (nSPS) is 19.2. The van der Waals surface area contributed by atoms with Crippen molar-refractivity contribution in [3.8, 4) is 5.75 Å².